The van der Waals surface area contributed by atoms with Gasteiger partial charge < -0.3 is 14.8 Å². The Kier molecular flexibility index (Phi) is 7.01. The van der Waals surface area contributed by atoms with E-state index in [2.05, 4.69) is 32.2 Å². The number of benzene rings is 3. The molecule has 3 aromatic carbocycles. The normalized spacial score (nSPS) is 11.1. The predicted molar refractivity (Wildman–Crippen MR) is 126 cm³/mol. The average molecular weight is 418 g/mol. The standard InChI is InChI=1S/C27H31NO3/c1-6-30-24-16-15-20(26(29)28-23-13-9-7-11-19(23)2)17-21(24)18-31-25-14-10-8-12-22(25)27(3,4)5/h7-17H,6,18H2,1-5H3,(H,28,29). The average Bonchev–Trinajstić information content (AvgIpc) is 2.74. The van der Waals surface area contributed by atoms with Crippen LogP contribution in [0.1, 0.15) is 54.7 Å². The second-order valence-electron chi connectivity index (χ2n) is 8.56. The Hall–Kier alpha value is -3.27. The minimum absolute atomic E-state index is 0.0331. The maximum atomic E-state index is 12.9. The van der Waals surface area contributed by atoms with Crippen LogP contribution in [0.4, 0.5) is 5.69 Å². The Labute approximate surface area is 185 Å². The number of amides is 1. The Bertz CT molecular complexity index is 1050. The third-order valence-corrected chi connectivity index (χ3v) is 5.09. The predicted octanol–water partition coefficient (Wildman–Crippen LogP) is 6.52. The molecule has 0 aliphatic heterocycles. The summed E-state index contributed by atoms with van der Waals surface area (Å²) in [7, 11) is 0. The second-order valence-corrected chi connectivity index (χ2v) is 8.56. The van der Waals surface area contributed by atoms with Crippen molar-refractivity contribution in [3.05, 3.63) is 89.0 Å². The minimum Gasteiger partial charge on any atom is -0.493 e. The molecular weight excluding hydrogens is 386 g/mol. The van der Waals surface area contributed by atoms with Crippen LogP contribution in [0.25, 0.3) is 0 Å². The van der Waals surface area contributed by atoms with Gasteiger partial charge in [0.2, 0.25) is 0 Å². The Balaban J connectivity index is 1.84. The van der Waals surface area contributed by atoms with Crippen molar-refractivity contribution < 1.29 is 14.3 Å². The molecule has 0 bridgehead atoms. The second kappa shape index (κ2) is 9.69. The first-order valence-electron chi connectivity index (χ1n) is 10.6. The summed E-state index contributed by atoms with van der Waals surface area (Å²) in [5.74, 6) is 1.41. The lowest BCUT2D eigenvalue weighted by molar-refractivity contribution is 0.102. The summed E-state index contributed by atoms with van der Waals surface area (Å²) in [6.45, 7) is 11.3. The summed E-state index contributed by atoms with van der Waals surface area (Å²) >= 11 is 0. The molecule has 0 spiro atoms. The van der Waals surface area contributed by atoms with Crippen molar-refractivity contribution >= 4 is 11.6 Å². The fourth-order valence-electron chi connectivity index (χ4n) is 3.41. The van der Waals surface area contributed by atoms with Gasteiger partial charge in [0.15, 0.2) is 0 Å². The van der Waals surface area contributed by atoms with E-state index in [1.165, 1.54) is 0 Å². The summed E-state index contributed by atoms with van der Waals surface area (Å²) < 4.78 is 12.0. The maximum Gasteiger partial charge on any atom is 0.255 e. The van der Waals surface area contributed by atoms with Gasteiger partial charge in [0.25, 0.3) is 5.91 Å². The Morgan fingerprint density at radius 1 is 0.903 bits per heavy atom. The highest BCUT2D eigenvalue weighted by molar-refractivity contribution is 6.04. The lowest BCUT2D eigenvalue weighted by Gasteiger charge is -2.23. The van der Waals surface area contributed by atoms with Gasteiger partial charge in [0.1, 0.15) is 18.1 Å². The summed E-state index contributed by atoms with van der Waals surface area (Å²) in [6.07, 6.45) is 0. The van der Waals surface area contributed by atoms with Crippen LogP contribution in [0.2, 0.25) is 0 Å². The molecule has 0 unspecified atom stereocenters. The van der Waals surface area contributed by atoms with E-state index in [4.69, 9.17) is 9.47 Å². The van der Waals surface area contributed by atoms with Crippen molar-refractivity contribution in [2.75, 3.05) is 11.9 Å². The highest BCUT2D eigenvalue weighted by Gasteiger charge is 2.19. The number of nitrogens with one attached hydrogen (secondary N) is 1. The van der Waals surface area contributed by atoms with Gasteiger partial charge in [-0.3, -0.25) is 4.79 Å². The zero-order chi connectivity index (χ0) is 22.4. The van der Waals surface area contributed by atoms with Gasteiger partial charge in [-0.15, -0.1) is 0 Å². The lowest BCUT2D eigenvalue weighted by atomic mass is 9.86. The molecule has 4 heteroatoms. The lowest BCUT2D eigenvalue weighted by Crippen LogP contribution is -2.15. The van der Waals surface area contributed by atoms with E-state index in [0.29, 0.717) is 18.8 Å². The van der Waals surface area contributed by atoms with Crippen molar-refractivity contribution in [3.8, 4) is 11.5 Å². The molecule has 0 saturated carbocycles. The van der Waals surface area contributed by atoms with Crippen LogP contribution >= 0.6 is 0 Å². The number of carbonyl (C=O) groups is 1. The van der Waals surface area contributed by atoms with Gasteiger partial charge in [-0.1, -0.05) is 57.2 Å². The fraction of sp³-hybridized carbons (Fsp3) is 0.296. The number of rotatable bonds is 7. The Morgan fingerprint density at radius 3 is 2.32 bits per heavy atom. The van der Waals surface area contributed by atoms with E-state index in [0.717, 1.165) is 33.9 Å². The third-order valence-electron chi connectivity index (χ3n) is 5.09. The van der Waals surface area contributed by atoms with Crippen LogP contribution in [-0.2, 0) is 12.0 Å². The van der Waals surface area contributed by atoms with Crippen LogP contribution < -0.4 is 14.8 Å². The van der Waals surface area contributed by atoms with E-state index >= 15 is 0 Å². The van der Waals surface area contributed by atoms with Gasteiger partial charge in [-0.25, -0.2) is 0 Å². The van der Waals surface area contributed by atoms with Crippen LogP contribution in [0.5, 0.6) is 11.5 Å². The number of ether oxygens (including phenoxy) is 2. The molecule has 0 aliphatic rings. The Morgan fingerprint density at radius 2 is 1.61 bits per heavy atom. The van der Waals surface area contributed by atoms with Gasteiger partial charge in [0, 0.05) is 16.8 Å². The van der Waals surface area contributed by atoms with Crippen LogP contribution in [-0.4, -0.2) is 12.5 Å². The molecule has 0 atom stereocenters. The first-order chi connectivity index (χ1) is 14.8. The van der Waals surface area contributed by atoms with Crippen molar-refractivity contribution in [1.82, 2.24) is 0 Å². The molecule has 4 nitrogen and oxygen atoms in total. The quantitative estimate of drug-likeness (QED) is 0.476. The van der Waals surface area contributed by atoms with Gasteiger partial charge in [0.05, 0.1) is 6.61 Å². The van der Waals surface area contributed by atoms with E-state index in [-0.39, 0.29) is 11.3 Å². The van der Waals surface area contributed by atoms with Gasteiger partial charge >= 0.3 is 0 Å². The highest BCUT2D eigenvalue weighted by Crippen LogP contribution is 2.32. The molecule has 0 fully saturated rings. The molecule has 3 aromatic rings. The van der Waals surface area contributed by atoms with E-state index < -0.39 is 0 Å². The molecule has 162 valence electrons. The van der Waals surface area contributed by atoms with Crippen LogP contribution in [0.15, 0.2) is 66.7 Å². The summed E-state index contributed by atoms with van der Waals surface area (Å²) in [5.41, 5.74) is 4.33. The molecule has 0 aromatic heterocycles. The van der Waals surface area contributed by atoms with Crippen molar-refractivity contribution in [2.45, 2.75) is 46.6 Å². The highest BCUT2D eigenvalue weighted by atomic mass is 16.5. The molecule has 1 amide bonds. The topological polar surface area (TPSA) is 47.6 Å². The summed E-state index contributed by atoms with van der Waals surface area (Å²) in [5, 5.41) is 2.99. The van der Waals surface area contributed by atoms with Gasteiger partial charge in [-0.05, 0) is 60.7 Å². The van der Waals surface area contributed by atoms with Gasteiger partial charge in [-0.2, -0.15) is 0 Å². The van der Waals surface area contributed by atoms with E-state index in [1.807, 2.05) is 68.4 Å². The molecule has 3 rings (SSSR count). The third kappa shape index (κ3) is 5.66. The largest absolute Gasteiger partial charge is 0.493 e. The number of hydrogen-bond acceptors (Lipinski definition) is 3. The van der Waals surface area contributed by atoms with Crippen molar-refractivity contribution in [2.24, 2.45) is 0 Å². The number of anilines is 1. The molecule has 0 saturated heterocycles. The number of para-hydroxylation sites is 2. The van der Waals surface area contributed by atoms with Crippen LogP contribution in [0, 0.1) is 6.92 Å². The molecule has 31 heavy (non-hydrogen) atoms. The van der Waals surface area contributed by atoms with Crippen LogP contribution in [0.3, 0.4) is 0 Å². The smallest absolute Gasteiger partial charge is 0.255 e. The van der Waals surface area contributed by atoms with E-state index in [9.17, 15) is 4.79 Å². The zero-order valence-corrected chi connectivity index (χ0v) is 19.0. The summed E-state index contributed by atoms with van der Waals surface area (Å²) in [6, 6.07) is 21.3. The van der Waals surface area contributed by atoms with E-state index in [1.54, 1.807) is 6.07 Å². The number of aryl methyl sites for hydroxylation is 1. The van der Waals surface area contributed by atoms with Crippen molar-refractivity contribution in [3.63, 3.8) is 0 Å². The zero-order valence-electron chi connectivity index (χ0n) is 19.0. The molecule has 1 N–H and O–H groups in total. The maximum absolute atomic E-state index is 12.9. The molecule has 0 heterocycles. The SMILES string of the molecule is CCOc1ccc(C(=O)Nc2ccccc2C)cc1COc1ccccc1C(C)(C)C. The molecule has 0 radical (unpaired) electrons. The minimum atomic E-state index is -0.159. The fourth-order valence-corrected chi connectivity index (χ4v) is 3.41. The molecule has 0 aliphatic carbocycles. The number of hydrogen-bond donors (Lipinski definition) is 1. The monoisotopic (exact) mass is 417 g/mol. The number of carbonyl (C=O) groups excluding carboxylic acids is 1. The molecular formula is C27H31NO3. The van der Waals surface area contributed by atoms with Crippen molar-refractivity contribution in [1.29, 1.82) is 0 Å². The summed E-state index contributed by atoms with van der Waals surface area (Å²) in [4.78, 5) is 12.9. The first kappa shape index (κ1) is 22.4. The first-order valence-corrected chi connectivity index (χ1v) is 10.6.